The number of ether oxygens (including phenoxy) is 2. The molecule has 136 valence electrons. The molecule has 2 rings (SSSR count). The van der Waals surface area contributed by atoms with Crippen molar-refractivity contribution in [2.45, 2.75) is 48.0 Å². The summed E-state index contributed by atoms with van der Waals surface area (Å²) in [6.45, 7) is 14.5. The Labute approximate surface area is 153 Å². The predicted molar refractivity (Wildman–Crippen MR) is 106 cm³/mol. The van der Waals surface area contributed by atoms with E-state index in [9.17, 15) is 0 Å². The van der Waals surface area contributed by atoms with Gasteiger partial charge in [0.05, 0.1) is 13.2 Å². The summed E-state index contributed by atoms with van der Waals surface area (Å²) in [4.78, 5) is 0. The first kappa shape index (κ1) is 19.4. The molecule has 25 heavy (non-hydrogen) atoms. The van der Waals surface area contributed by atoms with Crippen LogP contribution >= 0.6 is 0 Å². The van der Waals surface area contributed by atoms with Crippen molar-refractivity contribution in [2.75, 3.05) is 13.2 Å². The molecule has 0 spiro atoms. The maximum absolute atomic E-state index is 5.83. The minimum absolute atomic E-state index is 0.176. The van der Waals surface area contributed by atoms with Crippen molar-refractivity contribution in [2.24, 2.45) is 10.8 Å². The molecule has 0 saturated carbocycles. The predicted octanol–water partition coefficient (Wildman–Crippen LogP) is 6.13. The molecule has 0 saturated heterocycles. The topological polar surface area (TPSA) is 18.5 Å². The van der Waals surface area contributed by atoms with Gasteiger partial charge in [-0.25, -0.2) is 0 Å². The van der Waals surface area contributed by atoms with E-state index >= 15 is 0 Å². The Bertz CT molecular complexity index is 581. The summed E-state index contributed by atoms with van der Waals surface area (Å²) in [5.74, 6) is 1.87. The number of rotatable bonds is 6. The third kappa shape index (κ3) is 7.64. The molecule has 0 radical (unpaired) electrons. The van der Waals surface area contributed by atoms with Crippen molar-refractivity contribution in [1.82, 2.24) is 0 Å². The van der Waals surface area contributed by atoms with Crippen LogP contribution in [0.25, 0.3) is 0 Å². The minimum Gasteiger partial charge on any atom is -0.493 e. The Morgan fingerprint density at radius 3 is 1.16 bits per heavy atom. The van der Waals surface area contributed by atoms with Crippen LogP contribution in [-0.4, -0.2) is 13.2 Å². The Morgan fingerprint density at radius 1 is 0.560 bits per heavy atom. The minimum atomic E-state index is 0.176. The molecule has 0 N–H and O–H groups in total. The molecule has 2 nitrogen and oxygen atoms in total. The second-order valence-electron chi connectivity index (χ2n) is 9.16. The molecule has 0 aliphatic rings. The molecule has 0 bridgehead atoms. The highest BCUT2D eigenvalue weighted by Gasteiger charge is 2.12. The maximum Gasteiger partial charge on any atom is 0.119 e. The van der Waals surface area contributed by atoms with Gasteiger partial charge in [0.2, 0.25) is 0 Å². The summed E-state index contributed by atoms with van der Waals surface area (Å²) >= 11 is 0. The fraction of sp³-hybridized carbons (Fsp3) is 0.478. The highest BCUT2D eigenvalue weighted by atomic mass is 16.5. The van der Waals surface area contributed by atoms with E-state index in [1.54, 1.807) is 0 Å². The van der Waals surface area contributed by atoms with Gasteiger partial charge in [0.25, 0.3) is 0 Å². The molecule has 2 heteroatoms. The van der Waals surface area contributed by atoms with Gasteiger partial charge in [0, 0.05) is 0 Å². The summed E-state index contributed by atoms with van der Waals surface area (Å²) in [5.41, 5.74) is 2.92. The van der Waals surface area contributed by atoms with Gasteiger partial charge in [-0.05, 0) is 52.6 Å². The molecule has 0 amide bonds. The third-order valence-corrected chi connectivity index (χ3v) is 3.60. The van der Waals surface area contributed by atoms with Crippen molar-refractivity contribution >= 4 is 0 Å². The molecule has 0 aliphatic heterocycles. The zero-order valence-corrected chi connectivity index (χ0v) is 16.6. The highest BCUT2D eigenvalue weighted by molar-refractivity contribution is 5.34. The van der Waals surface area contributed by atoms with E-state index in [1.807, 2.05) is 0 Å². The molecule has 0 atom stereocenters. The molecule has 2 aromatic rings. The molecule has 0 aromatic heterocycles. The van der Waals surface area contributed by atoms with Gasteiger partial charge in [0.1, 0.15) is 11.5 Å². The van der Waals surface area contributed by atoms with Crippen molar-refractivity contribution in [1.29, 1.82) is 0 Å². The first-order valence-corrected chi connectivity index (χ1v) is 9.04. The van der Waals surface area contributed by atoms with Gasteiger partial charge in [-0.2, -0.15) is 0 Å². The summed E-state index contributed by atoms with van der Waals surface area (Å²) in [6.07, 6.45) is 0.916. The van der Waals surface area contributed by atoms with Crippen LogP contribution in [0.2, 0.25) is 0 Å². The van der Waals surface area contributed by atoms with Gasteiger partial charge < -0.3 is 9.47 Å². The fourth-order valence-electron chi connectivity index (χ4n) is 2.24. The zero-order chi connectivity index (χ0) is 18.5. The van der Waals surface area contributed by atoms with Crippen LogP contribution in [0.3, 0.4) is 0 Å². The normalized spacial score (nSPS) is 12.1. The molecular formula is C23H32O2. The summed E-state index contributed by atoms with van der Waals surface area (Å²) < 4.78 is 11.7. The Kier molecular flexibility index (Phi) is 6.16. The summed E-state index contributed by atoms with van der Waals surface area (Å²) in [7, 11) is 0. The average molecular weight is 341 g/mol. The number of hydrogen-bond donors (Lipinski definition) is 0. The quantitative estimate of drug-likeness (QED) is 0.630. The van der Waals surface area contributed by atoms with E-state index < -0.39 is 0 Å². The zero-order valence-electron chi connectivity index (χ0n) is 16.6. The summed E-state index contributed by atoms with van der Waals surface area (Å²) in [5, 5.41) is 0. The molecule has 0 heterocycles. The Balaban J connectivity index is 1.89. The second kappa shape index (κ2) is 7.95. The lowest BCUT2D eigenvalue weighted by molar-refractivity contribution is 0.198. The van der Waals surface area contributed by atoms with Crippen LogP contribution in [0, 0.1) is 10.8 Å². The molecular weight excluding hydrogens is 308 g/mol. The first-order chi connectivity index (χ1) is 11.6. The SMILES string of the molecule is CC(C)(C)COc1ccc(Cc2ccc(OCC(C)(C)C)cc2)cc1. The lowest BCUT2D eigenvalue weighted by atomic mass is 9.98. The third-order valence-electron chi connectivity index (χ3n) is 3.60. The number of benzene rings is 2. The van der Waals surface area contributed by atoms with Gasteiger partial charge in [-0.1, -0.05) is 65.8 Å². The smallest absolute Gasteiger partial charge is 0.119 e. The lowest BCUT2D eigenvalue weighted by Crippen LogP contribution is -2.16. The van der Waals surface area contributed by atoms with Crippen molar-refractivity contribution in [3.63, 3.8) is 0 Å². The molecule has 0 fully saturated rings. The van der Waals surface area contributed by atoms with E-state index in [0.29, 0.717) is 0 Å². The van der Waals surface area contributed by atoms with Crippen LogP contribution in [0.4, 0.5) is 0 Å². The van der Waals surface area contributed by atoms with E-state index in [4.69, 9.17) is 9.47 Å². The largest absolute Gasteiger partial charge is 0.493 e. The average Bonchev–Trinajstić information content (AvgIpc) is 2.52. The van der Waals surface area contributed by atoms with E-state index in [1.165, 1.54) is 11.1 Å². The van der Waals surface area contributed by atoms with Crippen LogP contribution in [0.5, 0.6) is 11.5 Å². The van der Waals surface area contributed by atoms with E-state index in [2.05, 4.69) is 90.1 Å². The molecule has 0 aliphatic carbocycles. The fourth-order valence-corrected chi connectivity index (χ4v) is 2.24. The second-order valence-corrected chi connectivity index (χ2v) is 9.16. The van der Waals surface area contributed by atoms with Crippen molar-refractivity contribution in [3.05, 3.63) is 59.7 Å². The van der Waals surface area contributed by atoms with Gasteiger partial charge >= 0.3 is 0 Å². The molecule has 2 aromatic carbocycles. The van der Waals surface area contributed by atoms with Crippen LogP contribution in [0.1, 0.15) is 52.7 Å². The van der Waals surface area contributed by atoms with Crippen LogP contribution < -0.4 is 9.47 Å². The Morgan fingerprint density at radius 2 is 0.880 bits per heavy atom. The highest BCUT2D eigenvalue weighted by Crippen LogP contribution is 2.21. The van der Waals surface area contributed by atoms with Crippen LogP contribution in [-0.2, 0) is 6.42 Å². The summed E-state index contributed by atoms with van der Waals surface area (Å²) in [6, 6.07) is 16.8. The standard InChI is InChI=1S/C23H32O2/c1-22(2,3)16-24-20-11-7-18(8-12-20)15-19-9-13-21(14-10-19)25-17-23(4,5)6/h7-14H,15-17H2,1-6H3. The van der Waals surface area contributed by atoms with Crippen molar-refractivity contribution in [3.8, 4) is 11.5 Å². The number of hydrogen-bond acceptors (Lipinski definition) is 2. The van der Waals surface area contributed by atoms with E-state index in [0.717, 1.165) is 31.1 Å². The van der Waals surface area contributed by atoms with Gasteiger partial charge in [-0.3, -0.25) is 0 Å². The van der Waals surface area contributed by atoms with Gasteiger partial charge in [0.15, 0.2) is 0 Å². The maximum atomic E-state index is 5.83. The monoisotopic (exact) mass is 340 g/mol. The van der Waals surface area contributed by atoms with E-state index in [-0.39, 0.29) is 10.8 Å². The van der Waals surface area contributed by atoms with Gasteiger partial charge in [-0.15, -0.1) is 0 Å². The first-order valence-electron chi connectivity index (χ1n) is 9.04. The molecule has 0 unspecified atom stereocenters. The Hall–Kier alpha value is -1.96. The lowest BCUT2D eigenvalue weighted by Gasteiger charge is -2.19. The van der Waals surface area contributed by atoms with Crippen LogP contribution in [0.15, 0.2) is 48.5 Å². The van der Waals surface area contributed by atoms with Crippen molar-refractivity contribution < 1.29 is 9.47 Å².